The summed E-state index contributed by atoms with van der Waals surface area (Å²) >= 11 is 0. The molecular formula is C29H29F2N5O3. The van der Waals surface area contributed by atoms with Crippen LogP contribution in [0.15, 0.2) is 41.3 Å². The number of aromatic nitrogens is 3. The molecule has 2 atom stereocenters. The van der Waals surface area contributed by atoms with Crippen molar-refractivity contribution in [2.24, 2.45) is 5.92 Å². The van der Waals surface area contributed by atoms with Crippen molar-refractivity contribution in [3.63, 3.8) is 0 Å². The SMILES string of the molecule is CCCCc1nc(O)c(C(=O)N2CCC(c3ncc(F)cc3F)C2)c(=O)n1C(c1cccc(C#N)c1)C1CC1. The normalized spacial score (nSPS) is 17.7. The van der Waals surface area contributed by atoms with Gasteiger partial charge in [-0.25, -0.2) is 8.78 Å². The van der Waals surface area contributed by atoms with Gasteiger partial charge in [-0.1, -0.05) is 25.5 Å². The number of halogens is 2. The van der Waals surface area contributed by atoms with Gasteiger partial charge in [-0.3, -0.25) is 19.1 Å². The fraction of sp³-hybridized carbons (Fsp3) is 0.414. The average Bonchev–Trinajstić information content (AvgIpc) is 3.64. The molecule has 2 aromatic heterocycles. The Labute approximate surface area is 224 Å². The summed E-state index contributed by atoms with van der Waals surface area (Å²) in [6.45, 7) is 2.30. The maximum Gasteiger partial charge on any atom is 0.270 e. The van der Waals surface area contributed by atoms with Crippen LogP contribution in [0.25, 0.3) is 0 Å². The third-order valence-electron chi connectivity index (χ3n) is 7.54. The van der Waals surface area contributed by atoms with Crippen molar-refractivity contribution in [1.29, 1.82) is 5.26 Å². The lowest BCUT2D eigenvalue weighted by Gasteiger charge is -2.25. The summed E-state index contributed by atoms with van der Waals surface area (Å²) in [5.74, 6) is -2.82. The fourth-order valence-electron chi connectivity index (χ4n) is 5.44. The molecule has 0 bridgehead atoms. The van der Waals surface area contributed by atoms with E-state index in [9.17, 15) is 28.7 Å². The van der Waals surface area contributed by atoms with E-state index in [0.29, 0.717) is 24.2 Å². The summed E-state index contributed by atoms with van der Waals surface area (Å²) in [4.78, 5) is 37.3. The molecule has 1 saturated carbocycles. The Balaban J connectivity index is 1.54. The third kappa shape index (κ3) is 5.26. The molecule has 5 rings (SSSR count). The van der Waals surface area contributed by atoms with E-state index < -0.39 is 46.5 Å². The van der Waals surface area contributed by atoms with Crippen molar-refractivity contribution in [1.82, 2.24) is 19.4 Å². The molecule has 202 valence electrons. The quantitative estimate of drug-likeness (QED) is 0.457. The van der Waals surface area contributed by atoms with Crippen molar-refractivity contribution in [3.8, 4) is 11.9 Å². The molecule has 0 radical (unpaired) electrons. The van der Waals surface area contributed by atoms with E-state index >= 15 is 0 Å². The predicted octanol–water partition coefficient (Wildman–Crippen LogP) is 4.47. The first kappa shape index (κ1) is 26.5. The minimum Gasteiger partial charge on any atom is -0.493 e. The Bertz CT molecular complexity index is 1510. The van der Waals surface area contributed by atoms with E-state index in [1.165, 1.54) is 9.47 Å². The van der Waals surface area contributed by atoms with Gasteiger partial charge < -0.3 is 10.0 Å². The molecule has 1 aliphatic heterocycles. The number of nitrogens with zero attached hydrogens (tertiary/aromatic N) is 5. The van der Waals surface area contributed by atoms with Gasteiger partial charge in [0.1, 0.15) is 17.5 Å². The van der Waals surface area contributed by atoms with Gasteiger partial charge in [0, 0.05) is 31.5 Å². The number of rotatable bonds is 8. The van der Waals surface area contributed by atoms with Gasteiger partial charge in [-0.05, 0) is 49.3 Å². The molecule has 8 nitrogen and oxygen atoms in total. The molecule has 1 aromatic carbocycles. The van der Waals surface area contributed by atoms with Gasteiger partial charge in [-0.15, -0.1) is 0 Å². The fourth-order valence-corrected chi connectivity index (χ4v) is 5.44. The topological polar surface area (TPSA) is 112 Å². The van der Waals surface area contributed by atoms with Crippen LogP contribution in [0.4, 0.5) is 8.78 Å². The maximum absolute atomic E-state index is 14.3. The van der Waals surface area contributed by atoms with Crippen LogP contribution in [0.2, 0.25) is 0 Å². The van der Waals surface area contributed by atoms with Crippen molar-refractivity contribution < 1.29 is 18.7 Å². The number of likely N-dealkylation sites (tertiary alicyclic amines) is 1. The molecule has 2 aliphatic rings. The largest absolute Gasteiger partial charge is 0.493 e. The van der Waals surface area contributed by atoms with Crippen molar-refractivity contribution in [2.45, 2.75) is 57.4 Å². The minimum atomic E-state index is -0.785. The molecule has 1 saturated heterocycles. The molecule has 10 heteroatoms. The lowest BCUT2D eigenvalue weighted by molar-refractivity contribution is 0.0783. The zero-order valence-electron chi connectivity index (χ0n) is 21.6. The number of carbonyl (C=O) groups excluding carboxylic acids is 1. The summed E-state index contributed by atoms with van der Waals surface area (Å²) in [7, 11) is 0. The van der Waals surface area contributed by atoms with Crippen LogP contribution in [-0.2, 0) is 6.42 Å². The van der Waals surface area contributed by atoms with Crippen LogP contribution in [-0.4, -0.2) is 43.5 Å². The van der Waals surface area contributed by atoms with Crippen LogP contribution in [0.3, 0.4) is 0 Å². The molecule has 2 unspecified atom stereocenters. The summed E-state index contributed by atoms with van der Waals surface area (Å²) in [6.07, 6.45) is 5.10. The smallest absolute Gasteiger partial charge is 0.270 e. The lowest BCUT2D eigenvalue weighted by atomic mass is 9.99. The van der Waals surface area contributed by atoms with Crippen molar-refractivity contribution in [2.75, 3.05) is 13.1 Å². The van der Waals surface area contributed by atoms with E-state index in [2.05, 4.69) is 16.0 Å². The number of nitriles is 1. The number of benzene rings is 1. The molecule has 39 heavy (non-hydrogen) atoms. The summed E-state index contributed by atoms with van der Waals surface area (Å²) < 4.78 is 29.2. The van der Waals surface area contributed by atoms with Crippen molar-refractivity contribution in [3.05, 3.63) is 86.7 Å². The van der Waals surface area contributed by atoms with Gasteiger partial charge in [0.15, 0.2) is 5.56 Å². The Morgan fingerprint density at radius 2 is 2.05 bits per heavy atom. The second kappa shape index (κ2) is 10.9. The molecule has 1 N–H and O–H groups in total. The van der Waals surface area contributed by atoms with Gasteiger partial charge in [0.2, 0.25) is 5.88 Å². The van der Waals surface area contributed by atoms with Crippen LogP contribution in [0.5, 0.6) is 5.88 Å². The number of hydrogen-bond donors (Lipinski definition) is 1. The highest BCUT2D eigenvalue weighted by Crippen LogP contribution is 2.44. The monoisotopic (exact) mass is 533 g/mol. The molecule has 0 spiro atoms. The van der Waals surface area contributed by atoms with Crippen LogP contribution in [0.1, 0.15) is 84.0 Å². The second-order valence-corrected chi connectivity index (χ2v) is 10.3. The van der Waals surface area contributed by atoms with Crippen LogP contribution >= 0.6 is 0 Å². The Kier molecular flexibility index (Phi) is 7.42. The average molecular weight is 534 g/mol. The maximum atomic E-state index is 14.3. The number of pyridine rings is 1. The number of aryl methyl sites for hydroxylation is 1. The Morgan fingerprint density at radius 3 is 2.74 bits per heavy atom. The Morgan fingerprint density at radius 1 is 1.26 bits per heavy atom. The van der Waals surface area contributed by atoms with Crippen LogP contribution in [0, 0.1) is 28.9 Å². The van der Waals surface area contributed by atoms with E-state index in [-0.39, 0.29) is 24.7 Å². The van der Waals surface area contributed by atoms with E-state index in [1.807, 2.05) is 13.0 Å². The van der Waals surface area contributed by atoms with Gasteiger partial charge >= 0.3 is 0 Å². The minimum absolute atomic E-state index is 0.0625. The predicted molar refractivity (Wildman–Crippen MR) is 138 cm³/mol. The number of carbonyl (C=O) groups is 1. The second-order valence-electron chi connectivity index (χ2n) is 10.3. The molecule has 2 fully saturated rings. The van der Waals surface area contributed by atoms with Crippen molar-refractivity contribution >= 4 is 5.91 Å². The van der Waals surface area contributed by atoms with Crippen LogP contribution < -0.4 is 5.56 Å². The lowest BCUT2D eigenvalue weighted by Crippen LogP contribution is -2.39. The highest BCUT2D eigenvalue weighted by Gasteiger charge is 2.39. The first-order valence-corrected chi connectivity index (χ1v) is 13.3. The molecule has 3 heterocycles. The molecule has 1 aliphatic carbocycles. The first-order valence-electron chi connectivity index (χ1n) is 13.3. The van der Waals surface area contributed by atoms with E-state index in [1.54, 1.807) is 18.2 Å². The van der Waals surface area contributed by atoms with E-state index in [0.717, 1.165) is 43.5 Å². The highest BCUT2D eigenvalue weighted by atomic mass is 19.1. The zero-order valence-corrected chi connectivity index (χ0v) is 21.6. The molecular weight excluding hydrogens is 504 g/mol. The third-order valence-corrected chi connectivity index (χ3v) is 7.54. The molecule has 1 amide bonds. The standard InChI is InChI=1S/C29H29F2N5O3/c1-2-3-7-23-34-27(37)24(28(38)35-11-10-20(16-35)25-22(31)13-21(30)15-33-25)29(39)36(23)26(18-8-9-18)19-6-4-5-17(12-19)14-32/h4-6,12-13,15,18,20,26,37H,2-3,7-11,16H2,1H3. The first-order chi connectivity index (χ1) is 18.8. The van der Waals surface area contributed by atoms with Gasteiger partial charge in [0.25, 0.3) is 11.5 Å². The number of unbranched alkanes of at least 4 members (excludes halogenated alkanes) is 1. The molecule has 3 aromatic rings. The van der Waals surface area contributed by atoms with E-state index in [4.69, 9.17) is 0 Å². The summed E-state index contributed by atoms with van der Waals surface area (Å²) in [5.41, 5.74) is 0.251. The van der Waals surface area contributed by atoms with Gasteiger partial charge in [0.05, 0.1) is 29.6 Å². The number of hydrogen-bond acceptors (Lipinski definition) is 6. The van der Waals surface area contributed by atoms with Gasteiger partial charge in [-0.2, -0.15) is 10.2 Å². The number of aromatic hydroxyl groups is 1. The highest BCUT2D eigenvalue weighted by molar-refractivity contribution is 5.96. The zero-order chi connectivity index (χ0) is 27.7. The number of amides is 1. The Hall–Kier alpha value is -4.13. The summed E-state index contributed by atoms with van der Waals surface area (Å²) in [6, 6.07) is 9.55. The summed E-state index contributed by atoms with van der Waals surface area (Å²) in [5, 5.41) is 20.3.